The molecule has 1 aromatic heterocycles. The van der Waals surface area contributed by atoms with Crippen molar-refractivity contribution >= 4 is 5.97 Å². The number of imidazole rings is 1. The van der Waals surface area contributed by atoms with Crippen LogP contribution < -0.4 is 10.6 Å². The SMILES string of the molecule is Cn1cnc(-c2ccc(CF)c(C(OC(C)(C)C)C(=O)ON)c2-c2ccc3c(c2)CCCO3)c1. The molecule has 2 heterocycles. The molecule has 0 aliphatic carbocycles. The van der Waals surface area contributed by atoms with Crippen LogP contribution in [0.2, 0.25) is 0 Å². The van der Waals surface area contributed by atoms with Gasteiger partial charge < -0.3 is 18.9 Å². The van der Waals surface area contributed by atoms with Crippen molar-refractivity contribution in [3.63, 3.8) is 0 Å². The molecule has 34 heavy (non-hydrogen) atoms. The van der Waals surface area contributed by atoms with E-state index in [0.717, 1.165) is 35.3 Å². The summed E-state index contributed by atoms with van der Waals surface area (Å²) in [5.74, 6) is 5.33. The summed E-state index contributed by atoms with van der Waals surface area (Å²) in [5, 5.41) is 0. The van der Waals surface area contributed by atoms with Crippen LogP contribution in [0, 0.1) is 0 Å². The van der Waals surface area contributed by atoms with Gasteiger partial charge in [-0.05, 0) is 68.0 Å². The first-order valence-electron chi connectivity index (χ1n) is 11.3. The molecular weight excluding hydrogens is 437 g/mol. The third kappa shape index (κ3) is 4.83. The number of ether oxygens (including phenoxy) is 2. The molecular formula is C26H30FN3O4. The molecule has 1 aliphatic heterocycles. The number of hydrogen-bond acceptors (Lipinski definition) is 6. The van der Waals surface area contributed by atoms with Crippen molar-refractivity contribution in [1.29, 1.82) is 0 Å². The van der Waals surface area contributed by atoms with E-state index in [-0.39, 0.29) is 0 Å². The second kappa shape index (κ2) is 9.56. The van der Waals surface area contributed by atoms with Crippen molar-refractivity contribution in [1.82, 2.24) is 9.55 Å². The van der Waals surface area contributed by atoms with Crippen molar-refractivity contribution in [3.05, 3.63) is 59.5 Å². The van der Waals surface area contributed by atoms with Crippen LogP contribution in [-0.2, 0) is 34.5 Å². The van der Waals surface area contributed by atoms with Gasteiger partial charge in [-0.1, -0.05) is 18.2 Å². The lowest BCUT2D eigenvalue weighted by atomic mass is 9.85. The molecule has 180 valence electrons. The molecule has 2 N–H and O–H groups in total. The molecule has 1 atom stereocenters. The lowest BCUT2D eigenvalue weighted by Gasteiger charge is -2.29. The second-order valence-corrected chi connectivity index (χ2v) is 9.44. The maximum Gasteiger partial charge on any atom is 0.358 e. The largest absolute Gasteiger partial charge is 0.493 e. The molecule has 3 aromatic rings. The van der Waals surface area contributed by atoms with Gasteiger partial charge in [0.25, 0.3) is 0 Å². The summed E-state index contributed by atoms with van der Waals surface area (Å²) in [5.41, 5.74) is 3.93. The molecule has 8 heteroatoms. The van der Waals surface area contributed by atoms with Crippen molar-refractivity contribution in [2.75, 3.05) is 6.61 Å². The van der Waals surface area contributed by atoms with E-state index in [1.54, 1.807) is 12.4 Å². The number of nitrogens with two attached hydrogens (primary N) is 1. The summed E-state index contributed by atoms with van der Waals surface area (Å²) in [4.78, 5) is 22.0. The highest BCUT2D eigenvalue weighted by Crippen LogP contribution is 2.43. The van der Waals surface area contributed by atoms with E-state index < -0.39 is 24.3 Å². The van der Waals surface area contributed by atoms with Crippen molar-refractivity contribution in [2.24, 2.45) is 12.9 Å². The summed E-state index contributed by atoms with van der Waals surface area (Å²) in [6, 6.07) is 9.35. The fourth-order valence-corrected chi connectivity index (χ4v) is 4.31. The maximum atomic E-state index is 14.4. The Morgan fingerprint density at radius 2 is 2.09 bits per heavy atom. The number of hydrogen-bond donors (Lipinski definition) is 1. The van der Waals surface area contributed by atoms with Gasteiger partial charge in [0.1, 0.15) is 12.4 Å². The minimum absolute atomic E-state index is 0.323. The molecule has 1 unspecified atom stereocenters. The zero-order valence-electron chi connectivity index (χ0n) is 19.9. The lowest BCUT2D eigenvalue weighted by molar-refractivity contribution is -0.168. The molecule has 0 bridgehead atoms. The Morgan fingerprint density at radius 3 is 2.74 bits per heavy atom. The quantitative estimate of drug-likeness (QED) is 0.523. The summed E-state index contributed by atoms with van der Waals surface area (Å²) < 4.78 is 28.1. The van der Waals surface area contributed by atoms with Gasteiger partial charge in [0.05, 0.1) is 24.2 Å². The Balaban J connectivity index is 2.03. The molecule has 0 spiro atoms. The Kier molecular flexibility index (Phi) is 6.72. The number of rotatable bonds is 6. The fraction of sp³-hybridized carbons (Fsp3) is 0.385. The van der Waals surface area contributed by atoms with Crippen LogP contribution in [-0.4, -0.2) is 27.7 Å². The van der Waals surface area contributed by atoms with Crippen molar-refractivity contribution < 1.29 is 23.5 Å². The summed E-state index contributed by atoms with van der Waals surface area (Å²) in [7, 11) is 1.88. The highest BCUT2D eigenvalue weighted by Gasteiger charge is 2.34. The minimum Gasteiger partial charge on any atom is -0.493 e. The van der Waals surface area contributed by atoms with Gasteiger partial charge in [-0.25, -0.2) is 14.2 Å². The molecule has 0 saturated heterocycles. The van der Waals surface area contributed by atoms with Gasteiger partial charge in [-0.2, -0.15) is 5.90 Å². The Morgan fingerprint density at radius 1 is 1.29 bits per heavy atom. The maximum absolute atomic E-state index is 14.4. The molecule has 0 amide bonds. The van der Waals surface area contributed by atoms with Gasteiger partial charge in [-0.15, -0.1) is 0 Å². The molecule has 1 aliphatic rings. The number of aromatic nitrogens is 2. The predicted molar refractivity (Wildman–Crippen MR) is 127 cm³/mol. The third-order valence-corrected chi connectivity index (χ3v) is 5.72. The average Bonchev–Trinajstić information content (AvgIpc) is 3.26. The Labute approximate surface area is 198 Å². The fourth-order valence-electron chi connectivity index (χ4n) is 4.31. The number of carbonyl (C=O) groups is 1. The first-order valence-corrected chi connectivity index (χ1v) is 11.3. The van der Waals surface area contributed by atoms with Crippen LogP contribution in [0.15, 0.2) is 42.9 Å². The smallest absolute Gasteiger partial charge is 0.358 e. The summed E-state index contributed by atoms with van der Waals surface area (Å²) >= 11 is 0. The number of nitrogens with zero attached hydrogens (tertiary/aromatic N) is 2. The molecule has 0 radical (unpaired) electrons. The Bertz CT molecular complexity index is 1200. The summed E-state index contributed by atoms with van der Waals surface area (Å²) in [6.07, 6.45) is 4.12. The number of halogens is 1. The van der Waals surface area contributed by atoms with Gasteiger partial charge >= 0.3 is 5.97 Å². The first kappa shape index (κ1) is 23.9. The van der Waals surface area contributed by atoms with Gasteiger partial charge in [0.2, 0.25) is 0 Å². The lowest BCUT2D eigenvalue weighted by Crippen LogP contribution is -2.31. The first-order chi connectivity index (χ1) is 16.2. The average molecular weight is 468 g/mol. The number of alkyl halides is 1. The highest BCUT2D eigenvalue weighted by atomic mass is 19.1. The normalized spacial score (nSPS) is 14.3. The minimum atomic E-state index is -1.23. The molecule has 4 rings (SSSR count). The van der Waals surface area contributed by atoms with E-state index in [2.05, 4.69) is 9.82 Å². The summed E-state index contributed by atoms with van der Waals surface area (Å²) in [6.45, 7) is 5.34. The van der Waals surface area contributed by atoms with Crippen LogP contribution in [0.5, 0.6) is 5.75 Å². The van der Waals surface area contributed by atoms with Crippen LogP contribution >= 0.6 is 0 Å². The zero-order valence-corrected chi connectivity index (χ0v) is 19.9. The van der Waals surface area contributed by atoms with Gasteiger partial charge in [0.15, 0.2) is 6.10 Å². The number of aryl methyl sites for hydroxylation is 2. The Hall–Kier alpha value is -3.23. The number of fused-ring (bicyclic) bond motifs is 1. The highest BCUT2D eigenvalue weighted by molar-refractivity contribution is 5.90. The molecule has 0 fully saturated rings. The van der Waals surface area contributed by atoms with E-state index in [0.29, 0.717) is 29.0 Å². The monoisotopic (exact) mass is 467 g/mol. The van der Waals surface area contributed by atoms with E-state index in [9.17, 15) is 9.18 Å². The topological polar surface area (TPSA) is 88.6 Å². The molecule has 0 saturated carbocycles. The zero-order chi connectivity index (χ0) is 24.5. The van der Waals surface area contributed by atoms with Gasteiger partial charge in [-0.3, -0.25) is 0 Å². The van der Waals surface area contributed by atoms with E-state index >= 15 is 0 Å². The van der Waals surface area contributed by atoms with Crippen molar-refractivity contribution in [2.45, 2.75) is 52.0 Å². The van der Waals surface area contributed by atoms with Crippen LogP contribution in [0.4, 0.5) is 4.39 Å². The van der Waals surface area contributed by atoms with E-state index in [1.807, 2.05) is 62.8 Å². The molecule has 7 nitrogen and oxygen atoms in total. The van der Waals surface area contributed by atoms with Crippen molar-refractivity contribution in [3.8, 4) is 28.1 Å². The predicted octanol–water partition coefficient (Wildman–Crippen LogP) is 4.82. The second-order valence-electron chi connectivity index (χ2n) is 9.44. The molecule has 2 aromatic carbocycles. The van der Waals surface area contributed by atoms with Crippen LogP contribution in [0.3, 0.4) is 0 Å². The van der Waals surface area contributed by atoms with Crippen LogP contribution in [0.25, 0.3) is 22.4 Å². The van der Waals surface area contributed by atoms with Crippen LogP contribution in [0.1, 0.15) is 50.0 Å². The number of carbonyl (C=O) groups excluding carboxylic acids is 1. The van der Waals surface area contributed by atoms with Gasteiger partial charge in [0, 0.05) is 24.4 Å². The third-order valence-electron chi connectivity index (χ3n) is 5.72. The van der Waals surface area contributed by atoms with E-state index in [1.165, 1.54) is 0 Å². The number of benzene rings is 2. The standard InChI is InChI=1S/C26H30FN3O4/c1-26(2,3)33-24(25(31)34-28)23-18(13-27)7-9-19(20-14-30(4)15-29-20)22(23)17-8-10-21-16(12-17)6-5-11-32-21/h7-10,12,14-15,24H,5-6,11,13,28H2,1-4H3. The van der Waals surface area contributed by atoms with E-state index in [4.69, 9.17) is 15.4 Å².